The Morgan fingerprint density at radius 3 is 2.57 bits per heavy atom. The summed E-state index contributed by atoms with van der Waals surface area (Å²) in [7, 11) is 0. The van der Waals surface area contributed by atoms with Gasteiger partial charge in [0.1, 0.15) is 5.69 Å². The number of benzene rings is 3. The molecule has 0 saturated heterocycles. The summed E-state index contributed by atoms with van der Waals surface area (Å²) in [5.41, 5.74) is 6.44. The Morgan fingerprint density at radius 2 is 1.79 bits per heavy atom. The van der Waals surface area contributed by atoms with Crippen LogP contribution in [0.5, 0.6) is 0 Å². The predicted octanol–water partition coefficient (Wildman–Crippen LogP) is 6.01. The van der Waals surface area contributed by atoms with Gasteiger partial charge in [-0.1, -0.05) is 76.1 Å². The van der Waals surface area contributed by atoms with Crippen LogP contribution >= 0.6 is 27.5 Å². The highest BCUT2D eigenvalue weighted by Gasteiger charge is 2.19. The molecule has 1 aromatic heterocycles. The molecule has 6 heteroatoms. The van der Waals surface area contributed by atoms with E-state index in [9.17, 15) is 4.79 Å². The Labute approximate surface area is 175 Å². The second-order valence-electron chi connectivity index (χ2n) is 6.15. The average molecular weight is 453 g/mol. The Balaban J connectivity index is 1.72. The first-order valence-corrected chi connectivity index (χ1v) is 9.75. The van der Waals surface area contributed by atoms with Gasteiger partial charge in [0, 0.05) is 31.5 Å². The van der Waals surface area contributed by atoms with Crippen molar-refractivity contribution >= 4 is 50.6 Å². The number of nitrogens with one attached hydrogen (secondary N) is 2. The molecule has 0 aliphatic carbocycles. The van der Waals surface area contributed by atoms with Gasteiger partial charge in [-0.25, -0.2) is 5.43 Å². The summed E-state index contributed by atoms with van der Waals surface area (Å²) in [5.74, 6) is -0.325. The molecule has 0 aliphatic rings. The van der Waals surface area contributed by atoms with Crippen molar-refractivity contribution in [1.82, 2.24) is 10.4 Å². The minimum absolute atomic E-state index is 0.325. The van der Waals surface area contributed by atoms with Gasteiger partial charge in [0.15, 0.2) is 0 Å². The highest BCUT2D eigenvalue weighted by Crippen LogP contribution is 2.34. The number of hydrogen-bond donors (Lipinski definition) is 2. The number of H-pyrrole nitrogens is 1. The molecule has 0 spiro atoms. The molecule has 0 fully saturated rings. The molecule has 2 N–H and O–H groups in total. The molecule has 1 heterocycles. The Bertz CT molecular complexity index is 1190. The van der Waals surface area contributed by atoms with Gasteiger partial charge in [-0.05, 0) is 29.8 Å². The van der Waals surface area contributed by atoms with Crippen molar-refractivity contribution in [2.75, 3.05) is 0 Å². The van der Waals surface area contributed by atoms with E-state index in [0.29, 0.717) is 10.7 Å². The Hall–Kier alpha value is -2.89. The summed E-state index contributed by atoms with van der Waals surface area (Å²) in [5, 5.41) is 5.59. The zero-order valence-electron chi connectivity index (χ0n) is 14.6. The molecule has 0 radical (unpaired) electrons. The maximum absolute atomic E-state index is 12.9. The molecule has 28 heavy (non-hydrogen) atoms. The largest absolute Gasteiger partial charge is 0.350 e. The fourth-order valence-electron chi connectivity index (χ4n) is 3.04. The van der Waals surface area contributed by atoms with E-state index in [4.69, 9.17) is 11.6 Å². The third-order valence-electron chi connectivity index (χ3n) is 4.33. The van der Waals surface area contributed by atoms with Crippen LogP contribution in [0.3, 0.4) is 0 Å². The van der Waals surface area contributed by atoms with Crippen LogP contribution in [0.2, 0.25) is 5.02 Å². The SMILES string of the molecule is O=C(N/N=C\c1ccccc1Cl)c1[nH]c2ccc(Br)cc2c1-c1ccccc1. The first-order chi connectivity index (χ1) is 13.6. The molecular weight excluding hydrogens is 438 g/mol. The molecule has 0 unspecified atom stereocenters. The number of hydrogen-bond acceptors (Lipinski definition) is 2. The number of carbonyl (C=O) groups is 1. The fraction of sp³-hybridized carbons (Fsp3) is 0. The predicted molar refractivity (Wildman–Crippen MR) is 118 cm³/mol. The van der Waals surface area contributed by atoms with Crippen molar-refractivity contribution in [3.63, 3.8) is 0 Å². The number of amides is 1. The van der Waals surface area contributed by atoms with Crippen molar-refractivity contribution in [3.05, 3.63) is 93.5 Å². The topological polar surface area (TPSA) is 57.2 Å². The van der Waals surface area contributed by atoms with Crippen LogP contribution < -0.4 is 5.43 Å². The number of fused-ring (bicyclic) bond motifs is 1. The van der Waals surface area contributed by atoms with Crippen molar-refractivity contribution < 1.29 is 4.79 Å². The lowest BCUT2D eigenvalue weighted by Crippen LogP contribution is -2.18. The number of rotatable bonds is 4. The summed E-state index contributed by atoms with van der Waals surface area (Å²) >= 11 is 9.63. The third kappa shape index (κ3) is 3.72. The first-order valence-electron chi connectivity index (χ1n) is 8.58. The maximum atomic E-state index is 12.9. The van der Waals surface area contributed by atoms with Crippen LogP contribution in [0.15, 0.2) is 82.4 Å². The van der Waals surface area contributed by atoms with E-state index in [1.54, 1.807) is 6.07 Å². The summed E-state index contributed by atoms with van der Waals surface area (Å²) in [6.45, 7) is 0. The van der Waals surface area contributed by atoms with E-state index in [1.807, 2.05) is 66.7 Å². The van der Waals surface area contributed by atoms with Crippen LogP contribution in [0.4, 0.5) is 0 Å². The smallest absolute Gasteiger partial charge is 0.288 e. The van der Waals surface area contributed by atoms with Crippen LogP contribution in [-0.4, -0.2) is 17.1 Å². The van der Waals surface area contributed by atoms with E-state index in [-0.39, 0.29) is 5.91 Å². The highest BCUT2D eigenvalue weighted by atomic mass is 79.9. The lowest BCUT2D eigenvalue weighted by atomic mass is 10.0. The van der Waals surface area contributed by atoms with E-state index in [0.717, 1.165) is 32.1 Å². The van der Waals surface area contributed by atoms with Crippen molar-refractivity contribution in [3.8, 4) is 11.1 Å². The first kappa shape index (κ1) is 18.5. The number of halogens is 2. The van der Waals surface area contributed by atoms with Crippen LogP contribution in [0.25, 0.3) is 22.0 Å². The van der Waals surface area contributed by atoms with Gasteiger partial charge < -0.3 is 4.98 Å². The van der Waals surface area contributed by atoms with Gasteiger partial charge in [-0.2, -0.15) is 5.10 Å². The van der Waals surface area contributed by atoms with Crippen molar-refractivity contribution in [2.24, 2.45) is 5.10 Å². The van der Waals surface area contributed by atoms with E-state index in [2.05, 4.69) is 31.4 Å². The number of carbonyl (C=O) groups excluding carboxylic acids is 1. The molecule has 3 aromatic carbocycles. The quantitative estimate of drug-likeness (QED) is 0.289. The average Bonchev–Trinajstić information content (AvgIpc) is 3.08. The molecule has 0 bridgehead atoms. The monoisotopic (exact) mass is 451 g/mol. The summed E-state index contributed by atoms with van der Waals surface area (Å²) < 4.78 is 0.944. The molecule has 1 amide bonds. The molecule has 4 rings (SSSR count). The molecule has 0 aliphatic heterocycles. The normalized spacial score (nSPS) is 11.2. The Morgan fingerprint density at radius 1 is 1.04 bits per heavy atom. The van der Waals surface area contributed by atoms with Crippen LogP contribution in [-0.2, 0) is 0 Å². The van der Waals surface area contributed by atoms with E-state index < -0.39 is 0 Å². The van der Waals surface area contributed by atoms with Crippen LogP contribution in [0.1, 0.15) is 16.1 Å². The Kier molecular flexibility index (Phi) is 5.28. The van der Waals surface area contributed by atoms with Gasteiger partial charge in [-0.15, -0.1) is 0 Å². The van der Waals surface area contributed by atoms with E-state index >= 15 is 0 Å². The summed E-state index contributed by atoms with van der Waals surface area (Å²) in [4.78, 5) is 16.1. The molecule has 4 aromatic rings. The van der Waals surface area contributed by atoms with Gasteiger partial charge in [0.25, 0.3) is 5.91 Å². The fourth-order valence-corrected chi connectivity index (χ4v) is 3.58. The third-order valence-corrected chi connectivity index (χ3v) is 5.16. The molecule has 0 saturated carbocycles. The minimum atomic E-state index is -0.325. The standard InChI is InChI=1S/C22H15BrClN3O/c23-16-10-11-19-17(12-16)20(14-6-2-1-3-7-14)21(26-19)22(28)27-25-13-15-8-4-5-9-18(15)24/h1-13,26H,(H,27,28)/b25-13-. The lowest BCUT2D eigenvalue weighted by molar-refractivity contribution is 0.0951. The maximum Gasteiger partial charge on any atom is 0.288 e. The van der Waals surface area contributed by atoms with Crippen molar-refractivity contribution in [2.45, 2.75) is 0 Å². The highest BCUT2D eigenvalue weighted by molar-refractivity contribution is 9.10. The molecular formula is C22H15BrClN3O. The number of nitrogens with zero attached hydrogens (tertiary/aromatic N) is 1. The summed E-state index contributed by atoms with van der Waals surface area (Å²) in [6.07, 6.45) is 1.53. The van der Waals surface area contributed by atoms with E-state index in [1.165, 1.54) is 6.21 Å². The lowest BCUT2D eigenvalue weighted by Gasteiger charge is -2.04. The number of aromatic amines is 1. The second kappa shape index (κ2) is 8.00. The molecule has 0 atom stereocenters. The van der Waals surface area contributed by atoms with Gasteiger partial charge in [-0.3, -0.25) is 4.79 Å². The summed E-state index contributed by atoms with van der Waals surface area (Å²) in [6, 6.07) is 23.0. The zero-order valence-corrected chi connectivity index (χ0v) is 17.0. The van der Waals surface area contributed by atoms with Gasteiger partial charge >= 0.3 is 0 Å². The second-order valence-corrected chi connectivity index (χ2v) is 7.47. The molecule has 138 valence electrons. The molecule has 4 nitrogen and oxygen atoms in total. The number of hydrazone groups is 1. The van der Waals surface area contributed by atoms with Gasteiger partial charge in [0.2, 0.25) is 0 Å². The number of aromatic nitrogens is 1. The van der Waals surface area contributed by atoms with Crippen LogP contribution in [0, 0.1) is 0 Å². The zero-order chi connectivity index (χ0) is 19.5. The van der Waals surface area contributed by atoms with Crippen molar-refractivity contribution in [1.29, 1.82) is 0 Å². The minimum Gasteiger partial charge on any atom is -0.350 e. The van der Waals surface area contributed by atoms with Gasteiger partial charge in [0.05, 0.1) is 6.21 Å².